The summed E-state index contributed by atoms with van der Waals surface area (Å²) in [5.74, 6) is 0.214. The number of hydrogen-bond acceptors (Lipinski definition) is 1. The van der Waals surface area contributed by atoms with Crippen molar-refractivity contribution in [3.05, 3.63) is 126 Å². The van der Waals surface area contributed by atoms with Crippen molar-refractivity contribution in [2.24, 2.45) is 0 Å². The van der Waals surface area contributed by atoms with Gasteiger partial charge in [-0.25, -0.2) is 4.98 Å². The zero-order chi connectivity index (χ0) is 26.9. The molecule has 0 saturated carbocycles. The summed E-state index contributed by atoms with van der Waals surface area (Å²) in [7, 11) is 0. The van der Waals surface area contributed by atoms with Crippen LogP contribution in [0, 0.1) is 0 Å². The summed E-state index contributed by atoms with van der Waals surface area (Å²) in [5.41, 5.74) is 1.43. The molecule has 0 aliphatic rings. The Balaban J connectivity index is 1.78. The zero-order valence-electron chi connectivity index (χ0n) is 19.8. The Labute approximate surface area is 214 Å². The second kappa shape index (κ2) is 9.85. The van der Waals surface area contributed by atoms with Crippen LogP contribution in [-0.4, -0.2) is 9.55 Å². The van der Waals surface area contributed by atoms with Gasteiger partial charge in [0.1, 0.15) is 5.82 Å². The van der Waals surface area contributed by atoms with Gasteiger partial charge < -0.3 is 4.57 Å². The molecule has 5 aromatic rings. The molecule has 0 radical (unpaired) electrons. The number of imidazole rings is 1. The summed E-state index contributed by atoms with van der Waals surface area (Å²) in [6.07, 6.45) is -9.11. The molecule has 0 aliphatic heterocycles. The Kier molecular flexibility index (Phi) is 6.57. The van der Waals surface area contributed by atoms with Crippen LogP contribution in [0.5, 0.6) is 0 Å². The van der Waals surface area contributed by atoms with Crippen LogP contribution in [-0.2, 0) is 18.9 Å². The molecule has 0 spiro atoms. The van der Waals surface area contributed by atoms with Crippen molar-refractivity contribution in [1.82, 2.24) is 9.55 Å². The molecule has 0 atom stereocenters. The molecule has 2 nitrogen and oxygen atoms in total. The lowest BCUT2D eigenvalue weighted by atomic mass is 10.0. The molecular formula is C30H20F6N2. The summed E-state index contributed by atoms with van der Waals surface area (Å²) in [5, 5.41) is 0. The molecule has 1 heterocycles. The highest BCUT2D eigenvalue weighted by molar-refractivity contribution is 5.82. The third-order valence-corrected chi connectivity index (χ3v) is 6.11. The van der Waals surface area contributed by atoms with Crippen LogP contribution in [0.3, 0.4) is 0 Å². The van der Waals surface area contributed by atoms with Gasteiger partial charge in [-0.2, -0.15) is 26.3 Å². The van der Waals surface area contributed by atoms with E-state index in [1.165, 1.54) is 18.2 Å². The lowest BCUT2D eigenvalue weighted by Gasteiger charge is -2.16. The highest BCUT2D eigenvalue weighted by Gasteiger charge is 2.32. The van der Waals surface area contributed by atoms with Crippen molar-refractivity contribution < 1.29 is 26.3 Å². The Morgan fingerprint density at radius 2 is 1.08 bits per heavy atom. The van der Waals surface area contributed by atoms with Gasteiger partial charge in [0.15, 0.2) is 0 Å². The van der Waals surface area contributed by atoms with Gasteiger partial charge in [-0.15, -0.1) is 0 Å². The van der Waals surface area contributed by atoms with Gasteiger partial charge in [0.25, 0.3) is 0 Å². The van der Waals surface area contributed by atoms with Gasteiger partial charge in [0, 0.05) is 23.2 Å². The largest absolute Gasteiger partial charge is 0.416 e. The molecule has 38 heavy (non-hydrogen) atoms. The van der Waals surface area contributed by atoms with Gasteiger partial charge in [-0.05, 0) is 29.8 Å². The fourth-order valence-electron chi connectivity index (χ4n) is 4.38. The lowest BCUT2D eigenvalue weighted by molar-refractivity contribution is -0.138. The molecule has 0 saturated heterocycles. The molecule has 0 unspecified atom stereocenters. The summed E-state index contributed by atoms with van der Waals surface area (Å²) in [6.45, 7) is -0.0421. The summed E-state index contributed by atoms with van der Waals surface area (Å²) < 4.78 is 82.7. The van der Waals surface area contributed by atoms with E-state index in [4.69, 9.17) is 4.98 Å². The SMILES string of the molecule is FC(F)(F)c1cccc(Cn2c(-c3cccc(C(F)(F)F)c3)nc(-c3ccccc3)c2-c2ccccc2)c1. The van der Waals surface area contributed by atoms with E-state index in [0.29, 0.717) is 17.0 Å². The van der Waals surface area contributed by atoms with Gasteiger partial charge in [-0.1, -0.05) is 84.9 Å². The molecule has 0 aliphatic carbocycles. The highest BCUT2D eigenvalue weighted by atomic mass is 19.4. The summed E-state index contributed by atoms with van der Waals surface area (Å²) >= 11 is 0. The lowest BCUT2D eigenvalue weighted by Crippen LogP contribution is -2.09. The first-order valence-corrected chi connectivity index (χ1v) is 11.7. The first-order chi connectivity index (χ1) is 18.1. The molecule has 5 rings (SSSR count). The maximum Gasteiger partial charge on any atom is 0.416 e. The number of nitrogens with zero attached hydrogens (tertiary/aromatic N) is 2. The standard InChI is InChI=1S/C30H20F6N2/c31-29(32,33)24-15-7-9-20(17-24)19-38-27(22-12-5-2-6-13-22)26(21-10-3-1-4-11-21)37-28(38)23-14-8-16-25(18-23)30(34,35)36/h1-18H,19H2. The van der Waals surface area contributed by atoms with Crippen molar-refractivity contribution in [3.8, 4) is 33.9 Å². The topological polar surface area (TPSA) is 17.8 Å². The first kappa shape index (κ1) is 25.3. The molecule has 0 bridgehead atoms. The second-order valence-corrected chi connectivity index (χ2v) is 8.73. The van der Waals surface area contributed by atoms with Crippen molar-refractivity contribution >= 4 is 0 Å². The van der Waals surface area contributed by atoms with Crippen LogP contribution >= 0.6 is 0 Å². The van der Waals surface area contributed by atoms with Crippen LogP contribution in [0.15, 0.2) is 109 Å². The number of rotatable bonds is 5. The smallest absolute Gasteiger partial charge is 0.319 e. The highest BCUT2D eigenvalue weighted by Crippen LogP contribution is 2.39. The molecular weight excluding hydrogens is 502 g/mol. The Bertz CT molecular complexity index is 1550. The average Bonchev–Trinajstić information content (AvgIpc) is 3.28. The summed E-state index contributed by atoms with van der Waals surface area (Å²) in [4.78, 5) is 4.79. The molecule has 0 amide bonds. The number of halogens is 6. The number of aromatic nitrogens is 2. The minimum atomic E-state index is -4.57. The third kappa shape index (κ3) is 5.20. The summed E-state index contributed by atoms with van der Waals surface area (Å²) in [6, 6.07) is 28.0. The van der Waals surface area contributed by atoms with E-state index in [-0.39, 0.29) is 17.9 Å². The predicted molar refractivity (Wildman–Crippen MR) is 134 cm³/mol. The van der Waals surface area contributed by atoms with E-state index < -0.39 is 23.5 Å². The molecule has 1 aromatic heterocycles. The Morgan fingerprint density at radius 1 is 0.553 bits per heavy atom. The second-order valence-electron chi connectivity index (χ2n) is 8.73. The van der Waals surface area contributed by atoms with E-state index in [0.717, 1.165) is 35.4 Å². The van der Waals surface area contributed by atoms with Crippen molar-refractivity contribution in [2.75, 3.05) is 0 Å². The van der Waals surface area contributed by atoms with E-state index >= 15 is 0 Å². The van der Waals surface area contributed by atoms with E-state index in [1.807, 2.05) is 60.7 Å². The zero-order valence-corrected chi connectivity index (χ0v) is 19.8. The van der Waals surface area contributed by atoms with E-state index in [1.54, 1.807) is 10.6 Å². The fourth-order valence-corrected chi connectivity index (χ4v) is 4.38. The maximum absolute atomic E-state index is 13.6. The molecule has 192 valence electrons. The number of alkyl halides is 6. The van der Waals surface area contributed by atoms with Crippen LogP contribution in [0.1, 0.15) is 16.7 Å². The first-order valence-electron chi connectivity index (χ1n) is 11.7. The Hall–Kier alpha value is -4.33. The van der Waals surface area contributed by atoms with Crippen LogP contribution in [0.25, 0.3) is 33.9 Å². The van der Waals surface area contributed by atoms with Gasteiger partial charge in [0.05, 0.1) is 22.5 Å². The van der Waals surface area contributed by atoms with Gasteiger partial charge in [-0.3, -0.25) is 0 Å². The van der Waals surface area contributed by atoms with E-state index in [9.17, 15) is 26.3 Å². The van der Waals surface area contributed by atoms with Gasteiger partial charge >= 0.3 is 12.4 Å². The normalized spacial score (nSPS) is 12.1. The molecule has 0 N–H and O–H groups in total. The third-order valence-electron chi connectivity index (χ3n) is 6.11. The maximum atomic E-state index is 13.6. The van der Waals surface area contributed by atoms with Crippen molar-refractivity contribution in [3.63, 3.8) is 0 Å². The Morgan fingerprint density at radius 3 is 1.68 bits per heavy atom. The molecule has 0 fully saturated rings. The van der Waals surface area contributed by atoms with Crippen molar-refractivity contribution in [1.29, 1.82) is 0 Å². The van der Waals surface area contributed by atoms with Crippen LogP contribution < -0.4 is 0 Å². The van der Waals surface area contributed by atoms with E-state index in [2.05, 4.69) is 0 Å². The predicted octanol–water partition coefficient (Wildman–Crippen LogP) is 8.97. The monoisotopic (exact) mass is 522 g/mol. The quantitative estimate of drug-likeness (QED) is 0.211. The van der Waals surface area contributed by atoms with Crippen molar-refractivity contribution in [2.45, 2.75) is 18.9 Å². The minimum Gasteiger partial charge on any atom is -0.319 e. The average molecular weight is 522 g/mol. The number of hydrogen-bond donors (Lipinski definition) is 0. The number of benzene rings is 4. The van der Waals surface area contributed by atoms with Crippen LogP contribution in [0.4, 0.5) is 26.3 Å². The van der Waals surface area contributed by atoms with Crippen LogP contribution in [0.2, 0.25) is 0 Å². The molecule has 8 heteroatoms. The fraction of sp³-hybridized carbons (Fsp3) is 0.100. The van der Waals surface area contributed by atoms with Gasteiger partial charge in [0.2, 0.25) is 0 Å². The molecule has 4 aromatic carbocycles. The minimum absolute atomic E-state index is 0.0421.